The van der Waals surface area contributed by atoms with E-state index in [4.69, 9.17) is 0 Å². The van der Waals surface area contributed by atoms with Crippen molar-refractivity contribution in [2.75, 3.05) is 13.1 Å². The van der Waals surface area contributed by atoms with Gasteiger partial charge in [-0.25, -0.2) is 0 Å². The molecule has 0 aliphatic carbocycles. The number of piperazine rings is 1. The van der Waals surface area contributed by atoms with Gasteiger partial charge in [0.05, 0.1) is 0 Å². The fourth-order valence-corrected chi connectivity index (χ4v) is 3.03. The number of aromatic nitrogens is 2. The molecule has 0 saturated carbocycles. The molecule has 1 aromatic rings. The highest BCUT2D eigenvalue weighted by Gasteiger charge is 2.44. The maximum Gasteiger partial charge on any atom is 0.246 e. The number of piperidine rings is 1. The van der Waals surface area contributed by atoms with Crippen molar-refractivity contribution in [3.63, 3.8) is 0 Å². The summed E-state index contributed by atoms with van der Waals surface area (Å²) in [6.45, 7) is 2.95. The monoisotopic (exact) mass is 278 g/mol. The Labute approximate surface area is 116 Å². The zero-order valence-corrected chi connectivity index (χ0v) is 11.5. The summed E-state index contributed by atoms with van der Waals surface area (Å²) in [6.07, 6.45) is 4.55. The molecule has 3 rings (SSSR count). The van der Waals surface area contributed by atoms with Crippen molar-refractivity contribution >= 4 is 11.8 Å². The Morgan fingerprint density at radius 1 is 1.35 bits per heavy atom. The molecule has 0 radical (unpaired) electrons. The molecular weight excluding hydrogens is 260 g/mol. The quantitative estimate of drug-likeness (QED) is 0.790. The number of nitrogens with zero attached hydrogens (tertiary/aromatic N) is 4. The molecule has 2 aliphatic heterocycles. The molecule has 0 spiro atoms. The molecule has 0 aromatic carbocycles. The molecule has 0 bridgehead atoms. The first kappa shape index (κ1) is 13.1. The Morgan fingerprint density at radius 3 is 2.95 bits per heavy atom. The van der Waals surface area contributed by atoms with Crippen molar-refractivity contribution in [3.8, 4) is 0 Å². The molecule has 20 heavy (non-hydrogen) atoms. The predicted octanol–water partition coefficient (Wildman–Crippen LogP) is 0.224. The van der Waals surface area contributed by atoms with Crippen LogP contribution in [-0.2, 0) is 16.0 Å². The van der Waals surface area contributed by atoms with E-state index in [0.29, 0.717) is 25.3 Å². The van der Waals surface area contributed by atoms with Gasteiger partial charge in [0.15, 0.2) is 5.82 Å². The standard InChI is InChI=1S/C13H18N4O3/c1-9-12(18)17-6-3-2-4-10(17)13(19)16(9)7-5-11-14-8-20-15-11/h8-10H,2-7H2,1H3. The molecule has 7 heteroatoms. The molecule has 2 saturated heterocycles. The molecule has 2 atom stereocenters. The summed E-state index contributed by atoms with van der Waals surface area (Å²) in [7, 11) is 0. The molecule has 3 heterocycles. The van der Waals surface area contributed by atoms with Gasteiger partial charge in [-0.2, -0.15) is 4.98 Å². The normalized spacial score (nSPS) is 26.9. The van der Waals surface area contributed by atoms with E-state index in [9.17, 15) is 9.59 Å². The molecule has 7 nitrogen and oxygen atoms in total. The average Bonchev–Trinajstić information content (AvgIpc) is 2.98. The third-order valence-electron chi connectivity index (χ3n) is 4.16. The van der Waals surface area contributed by atoms with Gasteiger partial charge in [0.25, 0.3) is 0 Å². The molecule has 2 aliphatic rings. The minimum absolute atomic E-state index is 0.0558. The van der Waals surface area contributed by atoms with Crippen molar-refractivity contribution in [3.05, 3.63) is 12.2 Å². The Hall–Kier alpha value is -1.92. The molecule has 108 valence electrons. The first-order valence-electron chi connectivity index (χ1n) is 7.04. The van der Waals surface area contributed by atoms with Crippen LogP contribution in [0.25, 0.3) is 0 Å². The lowest BCUT2D eigenvalue weighted by molar-refractivity contribution is -0.162. The number of rotatable bonds is 3. The van der Waals surface area contributed by atoms with Crippen molar-refractivity contribution < 1.29 is 14.1 Å². The third kappa shape index (κ3) is 2.17. The van der Waals surface area contributed by atoms with E-state index in [-0.39, 0.29) is 17.9 Å². The fraction of sp³-hybridized carbons (Fsp3) is 0.692. The smallest absolute Gasteiger partial charge is 0.246 e. The third-order valence-corrected chi connectivity index (χ3v) is 4.16. The van der Waals surface area contributed by atoms with E-state index in [2.05, 4.69) is 14.7 Å². The highest BCUT2D eigenvalue weighted by molar-refractivity contribution is 5.96. The summed E-state index contributed by atoms with van der Waals surface area (Å²) in [5, 5.41) is 3.73. The highest BCUT2D eigenvalue weighted by atomic mass is 16.5. The first-order chi connectivity index (χ1) is 9.68. The number of hydrogen-bond acceptors (Lipinski definition) is 5. The van der Waals surface area contributed by atoms with Gasteiger partial charge in [0, 0.05) is 19.5 Å². The van der Waals surface area contributed by atoms with E-state index < -0.39 is 6.04 Å². The van der Waals surface area contributed by atoms with Crippen molar-refractivity contribution in [2.45, 2.75) is 44.7 Å². The number of carbonyl (C=O) groups excluding carboxylic acids is 2. The van der Waals surface area contributed by atoms with Crippen LogP contribution in [0, 0.1) is 0 Å². The first-order valence-corrected chi connectivity index (χ1v) is 7.04. The zero-order chi connectivity index (χ0) is 14.1. The molecule has 2 fully saturated rings. The Morgan fingerprint density at radius 2 is 2.20 bits per heavy atom. The van der Waals surface area contributed by atoms with Crippen LogP contribution in [0.5, 0.6) is 0 Å². The van der Waals surface area contributed by atoms with Gasteiger partial charge in [0.2, 0.25) is 18.2 Å². The van der Waals surface area contributed by atoms with Crippen LogP contribution < -0.4 is 0 Å². The van der Waals surface area contributed by atoms with E-state index >= 15 is 0 Å². The van der Waals surface area contributed by atoms with Crippen LogP contribution in [-0.4, -0.2) is 56.9 Å². The topological polar surface area (TPSA) is 79.5 Å². The minimum atomic E-state index is -0.399. The fourth-order valence-electron chi connectivity index (χ4n) is 3.03. The van der Waals surface area contributed by atoms with Crippen LogP contribution in [0.1, 0.15) is 32.0 Å². The largest absolute Gasteiger partial charge is 0.343 e. The van der Waals surface area contributed by atoms with Crippen LogP contribution in [0.2, 0.25) is 0 Å². The molecule has 1 aromatic heterocycles. The van der Waals surface area contributed by atoms with Crippen LogP contribution in [0.15, 0.2) is 10.9 Å². The number of hydrogen-bond donors (Lipinski definition) is 0. The Balaban J connectivity index is 1.72. The van der Waals surface area contributed by atoms with Gasteiger partial charge >= 0.3 is 0 Å². The minimum Gasteiger partial charge on any atom is -0.343 e. The van der Waals surface area contributed by atoms with Crippen LogP contribution >= 0.6 is 0 Å². The molecule has 2 unspecified atom stereocenters. The molecule has 0 N–H and O–H groups in total. The van der Waals surface area contributed by atoms with Crippen LogP contribution in [0.4, 0.5) is 0 Å². The zero-order valence-electron chi connectivity index (χ0n) is 11.5. The van der Waals surface area contributed by atoms with Gasteiger partial charge in [-0.1, -0.05) is 5.16 Å². The number of fused-ring (bicyclic) bond motifs is 1. The number of carbonyl (C=O) groups is 2. The summed E-state index contributed by atoms with van der Waals surface area (Å²) >= 11 is 0. The highest BCUT2D eigenvalue weighted by Crippen LogP contribution is 2.26. The summed E-state index contributed by atoms with van der Waals surface area (Å²) in [5.41, 5.74) is 0. The maximum atomic E-state index is 12.5. The van der Waals surface area contributed by atoms with Crippen molar-refractivity contribution in [1.82, 2.24) is 19.9 Å². The van der Waals surface area contributed by atoms with Gasteiger partial charge in [0.1, 0.15) is 12.1 Å². The lowest BCUT2D eigenvalue weighted by Crippen LogP contribution is -2.65. The second kappa shape index (κ2) is 5.22. The SMILES string of the molecule is CC1C(=O)N2CCCCC2C(=O)N1CCc1ncon1. The Bertz CT molecular complexity index is 502. The van der Waals surface area contributed by atoms with E-state index in [1.807, 2.05) is 0 Å². The second-order valence-electron chi connectivity index (χ2n) is 5.35. The van der Waals surface area contributed by atoms with Crippen LogP contribution in [0.3, 0.4) is 0 Å². The van der Waals surface area contributed by atoms with E-state index in [1.165, 1.54) is 6.39 Å². The maximum absolute atomic E-state index is 12.5. The van der Waals surface area contributed by atoms with Gasteiger partial charge < -0.3 is 14.3 Å². The van der Waals surface area contributed by atoms with Crippen molar-refractivity contribution in [1.29, 1.82) is 0 Å². The summed E-state index contributed by atoms with van der Waals surface area (Å²) < 4.78 is 4.68. The lowest BCUT2D eigenvalue weighted by Gasteiger charge is -2.46. The Kier molecular flexibility index (Phi) is 3.42. The van der Waals surface area contributed by atoms with Gasteiger partial charge in [-0.15, -0.1) is 0 Å². The molecule has 2 amide bonds. The van der Waals surface area contributed by atoms with Gasteiger partial charge in [-0.3, -0.25) is 9.59 Å². The summed E-state index contributed by atoms with van der Waals surface area (Å²) in [6, 6.07) is -0.665. The summed E-state index contributed by atoms with van der Waals surface area (Å²) in [5.74, 6) is 0.672. The van der Waals surface area contributed by atoms with E-state index in [0.717, 1.165) is 19.3 Å². The predicted molar refractivity (Wildman–Crippen MR) is 68.5 cm³/mol. The molecular formula is C13H18N4O3. The second-order valence-corrected chi connectivity index (χ2v) is 5.35. The summed E-state index contributed by atoms with van der Waals surface area (Å²) in [4.78, 5) is 32.3. The van der Waals surface area contributed by atoms with Gasteiger partial charge in [-0.05, 0) is 26.2 Å². The van der Waals surface area contributed by atoms with E-state index in [1.54, 1.807) is 16.7 Å². The number of amides is 2. The average molecular weight is 278 g/mol. The van der Waals surface area contributed by atoms with Crippen molar-refractivity contribution in [2.24, 2.45) is 0 Å². The lowest BCUT2D eigenvalue weighted by atomic mass is 9.95.